The fraction of sp³-hybridized carbons (Fsp3) is 0.467. The summed E-state index contributed by atoms with van der Waals surface area (Å²) in [6, 6.07) is 6.53. The summed E-state index contributed by atoms with van der Waals surface area (Å²) in [4.78, 5) is 1.41. The second-order valence-corrected chi connectivity index (χ2v) is 6.77. The maximum Gasteiger partial charge on any atom is 0.0566 e. The van der Waals surface area contributed by atoms with Gasteiger partial charge in [-0.25, -0.2) is 0 Å². The second kappa shape index (κ2) is 5.29. The minimum absolute atomic E-state index is 0.169. The van der Waals surface area contributed by atoms with E-state index in [1.807, 2.05) is 11.3 Å². The first kappa shape index (κ1) is 13.4. The van der Waals surface area contributed by atoms with Crippen LogP contribution in [0.15, 0.2) is 29.8 Å². The molecule has 0 aliphatic rings. The zero-order valence-electron chi connectivity index (χ0n) is 11.7. The summed E-state index contributed by atoms with van der Waals surface area (Å²) in [6.07, 6.45) is 2.19. The molecule has 0 aromatic carbocycles. The van der Waals surface area contributed by atoms with E-state index in [1.165, 1.54) is 16.1 Å². The van der Waals surface area contributed by atoms with E-state index in [4.69, 9.17) is 0 Å². The van der Waals surface area contributed by atoms with Crippen molar-refractivity contribution >= 4 is 11.3 Å². The summed E-state index contributed by atoms with van der Waals surface area (Å²) < 4.78 is 2.32. The molecule has 2 rings (SSSR count). The number of rotatable bonds is 4. The molecule has 0 bridgehead atoms. The maximum absolute atomic E-state index is 3.54. The summed E-state index contributed by atoms with van der Waals surface area (Å²) in [5, 5.41) is 5.68. The first-order chi connectivity index (χ1) is 8.46. The van der Waals surface area contributed by atoms with Crippen molar-refractivity contribution in [3.63, 3.8) is 0 Å². The molecule has 2 aromatic rings. The van der Waals surface area contributed by atoms with Gasteiger partial charge < -0.3 is 9.88 Å². The highest BCUT2D eigenvalue weighted by molar-refractivity contribution is 7.09. The van der Waals surface area contributed by atoms with E-state index in [0.717, 1.165) is 13.1 Å². The van der Waals surface area contributed by atoms with E-state index in [1.54, 1.807) is 0 Å². The number of aromatic nitrogens is 1. The van der Waals surface area contributed by atoms with Crippen LogP contribution in [-0.2, 0) is 13.1 Å². The fourth-order valence-electron chi connectivity index (χ4n) is 1.89. The SMILES string of the molecule is Cc1c(CNC(C)(C)C)ccn1Cc1cccs1. The van der Waals surface area contributed by atoms with E-state index < -0.39 is 0 Å². The highest BCUT2D eigenvalue weighted by Gasteiger charge is 2.11. The Balaban J connectivity index is 2.04. The van der Waals surface area contributed by atoms with Crippen LogP contribution in [0.4, 0.5) is 0 Å². The molecule has 98 valence electrons. The molecule has 0 radical (unpaired) electrons. The van der Waals surface area contributed by atoms with Gasteiger partial charge in [0.15, 0.2) is 0 Å². The van der Waals surface area contributed by atoms with Crippen molar-refractivity contribution in [2.45, 2.75) is 46.3 Å². The minimum atomic E-state index is 0.169. The number of hydrogen-bond acceptors (Lipinski definition) is 2. The van der Waals surface area contributed by atoms with Gasteiger partial charge in [-0.3, -0.25) is 0 Å². The van der Waals surface area contributed by atoms with Gasteiger partial charge in [0.25, 0.3) is 0 Å². The Bertz CT molecular complexity index is 489. The van der Waals surface area contributed by atoms with Gasteiger partial charge in [0.05, 0.1) is 6.54 Å². The smallest absolute Gasteiger partial charge is 0.0566 e. The Hall–Kier alpha value is -1.06. The van der Waals surface area contributed by atoms with E-state index >= 15 is 0 Å². The predicted octanol–water partition coefficient (Wildman–Crippen LogP) is 3.79. The zero-order valence-corrected chi connectivity index (χ0v) is 12.5. The summed E-state index contributed by atoms with van der Waals surface area (Å²) in [6.45, 7) is 10.7. The molecule has 1 N–H and O–H groups in total. The van der Waals surface area contributed by atoms with Crippen LogP contribution in [0.1, 0.15) is 36.9 Å². The molecule has 2 heterocycles. The molecule has 0 fully saturated rings. The average Bonchev–Trinajstić information content (AvgIpc) is 2.88. The van der Waals surface area contributed by atoms with E-state index in [0.29, 0.717) is 0 Å². The third-order valence-corrected chi connectivity index (χ3v) is 3.93. The Kier molecular flexibility index (Phi) is 3.93. The quantitative estimate of drug-likeness (QED) is 0.887. The van der Waals surface area contributed by atoms with Crippen LogP contribution in [-0.4, -0.2) is 10.1 Å². The average molecular weight is 262 g/mol. The number of nitrogens with zero attached hydrogens (tertiary/aromatic N) is 1. The molecule has 0 amide bonds. The van der Waals surface area contributed by atoms with E-state index in [9.17, 15) is 0 Å². The summed E-state index contributed by atoms with van der Waals surface area (Å²) >= 11 is 1.82. The molecule has 18 heavy (non-hydrogen) atoms. The first-order valence-electron chi connectivity index (χ1n) is 6.38. The van der Waals surface area contributed by atoms with E-state index in [2.05, 4.69) is 67.4 Å². The molecule has 3 heteroatoms. The van der Waals surface area contributed by atoms with Gasteiger partial charge in [0, 0.05) is 28.9 Å². The Morgan fingerprint density at radius 3 is 2.67 bits per heavy atom. The van der Waals surface area contributed by atoms with Crippen LogP contribution >= 0.6 is 11.3 Å². The second-order valence-electron chi connectivity index (χ2n) is 5.74. The van der Waals surface area contributed by atoms with Gasteiger partial charge >= 0.3 is 0 Å². The molecule has 0 aliphatic heterocycles. The van der Waals surface area contributed by atoms with Crippen molar-refractivity contribution in [1.29, 1.82) is 0 Å². The molecule has 0 atom stereocenters. The van der Waals surface area contributed by atoms with Gasteiger partial charge in [0.1, 0.15) is 0 Å². The third-order valence-electron chi connectivity index (χ3n) is 3.07. The number of thiophene rings is 1. The largest absolute Gasteiger partial charge is 0.346 e. The normalized spacial score (nSPS) is 12.0. The number of nitrogens with one attached hydrogen (secondary N) is 1. The Morgan fingerprint density at radius 2 is 2.06 bits per heavy atom. The van der Waals surface area contributed by atoms with Crippen LogP contribution in [0.3, 0.4) is 0 Å². The summed E-state index contributed by atoms with van der Waals surface area (Å²) in [5.74, 6) is 0. The van der Waals surface area contributed by atoms with Gasteiger partial charge in [-0.15, -0.1) is 11.3 Å². The van der Waals surface area contributed by atoms with Crippen LogP contribution < -0.4 is 5.32 Å². The monoisotopic (exact) mass is 262 g/mol. The Labute approximate surface area is 114 Å². The Morgan fingerprint density at radius 1 is 1.28 bits per heavy atom. The number of hydrogen-bond donors (Lipinski definition) is 1. The zero-order chi connectivity index (χ0) is 13.2. The lowest BCUT2D eigenvalue weighted by Gasteiger charge is -2.20. The molecular formula is C15H22N2S. The van der Waals surface area contributed by atoms with Crippen molar-refractivity contribution in [3.05, 3.63) is 45.9 Å². The first-order valence-corrected chi connectivity index (χ1v) is 7.26. The standard InChI is InChI=1S/C15H22N2S/c1-12-13(10-16-15(2,3)4)7-8-17(12)11-14-6-5-9-18-14/h5-9,16H,10-11H2,1-4H3. The van der Waals surface area contributed by atoms with Crippen molar-refractivity contribution in [2.24, 2.45) is 0 Å². The lowest BCUT2D eigenvalue weighted by atomic mass is 10.1. The molecule has 2 aromatic heterocycles. The van der Waals surface area contributed by atoms with Crippen LogP contribution in [0, 0.1) is 6.92 Å². The van der Waals surface area contributed by atoms with Crippen LogP contribution in [0.25, 0.3) is 0 Å². The summed E-state index contributed by atoms with van der Waals surface area (Å²) in [7, 11) is 0. The van der Waals surface area contributed by atoms with E-state index in [-0.39, 0.29) is 5.54 Å². The minimum Gasteiger partial charge on any atom is -0.346 e. The van der Waals surface area contributed by atoms with Gasteiger partial charge in [-0.2, -0.15) is 0 Å². The highest BCUT2D eigenvalue weighted by Crippen LogP contribution is 2.16. The molecule has 0 saturated heterocycles. The third kappa shape index (κ3) is 3.47. The van der Waals surface area contributed by atoms with Crippen LogP contribution in [0.5, 0.6) is 0 Å². The van der Waals surface area contributed by atoms with Gasteiger partial charge in [-0.1, -0.05) is 6.07 Å². The van der Waals surface area contributed by atoms with Crippen molar-refractivity contribution in [2.75, 3.05) is 0 Å². The summed E-state index contributed by atoms with van der Waals surface area (Å²) in [5.41, 5.74) is 2.92. The predicted molar refractivity (Wildman–Crippen MR) is 79.2 cm³/mol. The molecule has 0 unspecified atom stereocenters. The molecule has 2 nitrogen and oxygen atoms in total. The molecule has 0 saturated carbocycles. The fourth-order valence-corrected chi connectivity index (χ4v) is 2.59. The molecule has 0 spiro atoms. The molecular weight excluding hydrogens is 240 g/mol. The van der Waals surface area contributed by atoms with Gasteiger partial charge in [0.2, 0.25) is 0 Å². The topological polar surface area (TPSA) is 17.0 Å². The highest BCUT2D eigenvalue weighted by atomic mass is 32.1. The van der Waals surface area contributed by atoms with Gasteiger partial charge in [-0.05, 0) is 50.8 Å². The van der Waals surface area contributed by atoms with Crippen molar-refractivity contribution < 1.29 is 0 Å². The molecule has 0 aliphatic carbocycles. The van der Waals surface area contributed by atoms with Crippen LogP contribution in [0.2, 0.25) is 0 Å². The lowest BCUT2D eigenvalue weighted by molar-refractivity contribution is 0.423. The lowest BCUT2D eigenvalue weighted by Crippen LogP contribution is -2.35. The maximum atomic E-state index is 3.54. The van der Waals surface area contributed by atoms with Crippen molar-refractivity contribution in [3.8, 4) is 0 Å². The van der Waals surface area contributed by atoms with Crippen molar-refractivity contribution in [1.82, 2.24) is 9.88 Å².